The number of aliphatic hydroxyl groups is 1. The van der Waals surface area contributed by atoms with Gasteiger partial charge >= 0.3 is 0 Å². The highest BCUT2D eigenvalue weighted by Gasteiger charge is 2.15. The van der Waals surface area contributed by atoms with Crippen LogP contribution in [0.15, 0.2) is 18.2 Å². The van der Waals surface area contributed by atoms with Crippen molar-refractivity contribution in [3.63, 3.8) is 0 Å². The van der Waals surface area contributed by atoms with E-state index in [9.17, 15) is 9.50 Å². The number of rotatable bonds is 5. The van der Waals surface area contributed by atoms with Crippen LogP contribution in [0.2, 0.25) is 5.02 Å². The van der Waals surface area contributed by atoms with Crippen molar-refractivity contribution in [2.45, 2.75) is 32.9 Å². The zero-order chi connectivity index (χ0) is 13.8. The Kier molecular flexibility index (Phi) is 4.50. The highest BCUT2D eigenvalue weighted by atomic mass is 35.5. The molecule has 0 spiro atoms. The van der Waals surface area contributed by atoms with Gasteiger partial charge < -0.3 is 9.67 Å². The highest BCUT2D eigenvalue weighted by molar-refractivity contribution is 6.31. The van der Waals surface area contributed by atoms with E-state index in [1.165, 1.54) is 6.07 Å². The first-order valence-electron chi connectivity index (χ1n) is 6.12. The summed E-state index contributed by atoms with van der Waals surface area (Å²) < 4.78 is 15.6. The summed E-state index contributed by atoms with van der Waals surface area (Å²) in [5, 5.41) is 17.5. The van der Waals surface area contributed by atoms with Crippen molar-refractivity contribution in [2.75, 3.05) is 0 Å². The number of halogens is 2. The average Bonchev–Trinajstić information content (AvgIpc) is 2.77. The van der Waals surface area contributed by atoms with Gasteiger partial charge in [0.15, 0.2) is 5.82 Å². The summed E-state index contributed by atoms with van der Waals surface area (Å²) in [6, 6.07) is 4.58. The summed E-state index contributed by atoms with van der Waals surface area (Å²) in [6.45, 7) is 2.52. The van der Waals surface area contributed by atoms with Gasteiger partial charge in [-0.3, -0.25) is 0 Å². The minimum atomic E-state index is -0.357. The van der Waals surface area contributed by atoms with E-state index in [0.29, 0.717) is 28.8 Å². The predicted octanol–water partition coefficient (Wildman–Crippen LogP) is 2.56. The van der Waals surface area contributed by atoms with Crippen LogP contribution in [0.5, 0.6) is 0 Å². The maximum atomic E-state index is 13.8. The van der Waals surface area contributed by atoms with E-state index in [1.807, 2.05) is 11.5 Å². The van der Waals surface area contributed by atoms with Crippen LogP contribution in [0.1, 0.15) is 30.6 Å². The summed E-state index contributed by atoms with van der Waals surface area (Å²) in [7, 11) is 0. The molecule has 2 aromatic rings. The Bertz CT molecular complexity index is 551. The Morgan fingerprint density at radius 3 is 2.68 bits per heavy atom. The molecule has 0 aliphatic rings. The third-order valence-electron chi connectivity index (χ3n) is 2.89. The summed E-state index contributed by atoms with van der Waals surface area (Å²) >= 11 is 6.00. The lowest BCUT2D eigenvalue weighted by Gasteiger charge is -2.09. The molecule has 0 aliphatic carbocycles. The second-order valence-corrected chi connectivity index (χ2v) is 4.63. The molecule has 0 saturated heterocycles. The van der Waals surface area contributed by atoms with E-state index in [1.54, 1.807) is 12.1 Å². The molecule has 0 amide bonds. The summed E-state index contributed by atoms with van der Waals surface area (Å²) in [5.41, 5.74) is 0.401. The van der Waals surface area contributed by atoms with Crippen LogP contribution in [0.25, 0.3) is 0 Å². The number of hydrogen-bond acceptors (Lipinski definition) is 3. The molecular weight excluding hydrogens is 269 g/mol. The standard InChI is InChI=1S/C13H15ClFN3O/c1-2-6-18-12(16-17-13(18)8-19)7-9-10(14)4-3-5-11(9)15/h3-5,19H,2,6-8H2,1H3. The molecule has 102 valence electrons. The molecule has 6 heteroatoms. The van der Waals surface area contributed by atoms with Gasteiger partial charge in [-0.2, -0.15) is 0 Å². The second kappa shape index (κ2) is 6.12. The average molecular weight is 284 g/mol. The second-order valence-electron chi connectivity index (χ2n) is 4.22. The molecule has 0 saturated carbocycles. The van der Waals surface area contributed by atoms with E-state index < -0.39 is 0 Å². The molecule has 0 radical (unpaired) electrons. The fraction of sp³-hybridized carbons (Fsp3) is 0.385. The largest absolute Gasteiger partial charge is 0.388 e. The molecule has 0 aliphatic heterocycles. The van der Waals surface area contributed by atoms with Gasteiger partial charge in [0.05, 0.1) is 0 Å². The Labute approximate surface area is 115 Å². The maximum absolute atomic E-state index is 13.8. The molecule has 4 nitrogen and oxygen atoms in total. The van der Waals surface area contributed by atoms with Crippen molar-refractivity contribution in [3.8, 4) is 0 Å². The van der Waals surface area contributed by atoms with Crippen LogP contribution in [0, 0.1) is 5.82 Å². The van der Waals surface area contributed by atoms with Crippen LogP contribution in [0.3, 0.4) is 0 Å². The first-order valence-corrected chi connectivity index (χ1v) is 6.49. The summed E-state index contributed by atoms with van der Waals surface area (Å²) in [6.07, 6.45) is 1.14. The normalized spacial score (nSPS) is 10.9. The van der Waals surface area contributed by atoms with Gasteiger partial charge in [0, 0.05) is 23.6 Å². The minimum Gasteiger partial charge on any atom is -0.388 e. The van der Waals surface area contributed by atoms with E-state index in [-0.39, 0.29) is 18.8 Å². The lowest BCUT2D eigenvalue weighted by atomic mass is 10.1. The topological polar surface area (TPSA) is 50.9 Å². The third-order valence-corrected chi connectivity index (χ3v) is 3.24. The molecular formula is C13H15ClFN3O. The summed E-state index contributed by atoms with van der Waals surface area (Å²) in [5.74, 6) is 0.742. The smallest absolute Gasteiger partial charge is 0.158 e. The minimum absolute atomic E-state index is 0.183. The number of hydrogen-bond donors (Lipinski definition) is 1. The zero-order valence-corrected chi connectivity index (χ0v) is 11.4. The highest BCUT2D eigenvalue weighted by Crippen LogP contribution is 2.22. The van der Waals surface area contributed by atoms with Gasteiger partial charge in [-0.15, -0.1) is 10.2 Å². The molecule has 0 bridgehead atoms. The lowest BCUT2D eigenvalue weighted by molar-refractivity contribution is 0.264. The fourth-order valence-corrected chi connectivity index (χ4v) is 2.19. The molecule has 19 heavy (non-hydrogen) atoms. The van der Waals surface area contributed by atoms with Crippen LogP contribution in [0.4, 0.5) is 4.39 Å². The molecule has 0 fully saturated rings. The third kappa shape index (κ3) is 2.93. The van der Waals surface area contributed by atoms with Gasteiger partial charge in [0.2, 0.25) is 0 Å². The van der Waals surface area contributed by atoms with Crippen molar-refractivity contribution in [2.24, 2.45) is 0 Å². The Hall–Kier alpha value is -1.46. The van der Waals surface area contributed by atoms with E-state index in [4.69, 9.17) is 11.6 Å². The molecule has 1 N–H and O–H groups in total. The molecule has 0 atom stereocenters. The lowest BCUT2D eigenvalue weighted by Crippen LogP contribution is -2.09. The predicted molar refractivity (Wildman–Crippen MR) is 70.5 cm³/mol. The van der Waals surface area contributed by atoms with Crippen molar-refractivity contribution >= 4 is 11.6 Å². The molecule has 1 aromatic heterocycles. The zero-order valence-electron chi connectivity index (χ0n) is 10.6. The molecule has 0 unspecified atom stereocenters. The number of nitrogens with zero attached hydrogens (tertiary/aromatic N) is 3. The van der Waals surface area contributed by atoms with Crippen molar-refractivity contribution in [1.29, 1.82) is 0 Å². The SMILES string of the molecule is CCCn1c(CO)nnc1Cc1c(F)cccc1Cl. The number of aliphatic hydroxyl groups excluding tert-OH is 1. The van der Waals surface area contributed by atoms with Crippen LogP contribution >= 0.6 is 11.6 Å². The van der Waals surface area contributed by atoms with Gasteiger partial charge in [-0.05, 0) is 18.6 Å². The van der Waals surface area contributed by atoms with E-state index >= 15 is 0 Å². The van der Waals surface area contributed by atoms with Crippen LogP contribution in [-0.4, -0.2) is 19.9 Å². The van der Waals surface area contributed by atoms with Crippen molar-refractivity contribution in [3.05, 3.63) is 46.3 Å². The van der Waals surface area contributed by atoms with Gasteiger partial charge in [-0.1, -0.05) is 24.6 Å². The Morgan fingerprint density at radius 2 is 2.05 bits per heavy atom. The quantitative estimate of drug-likeness (QED) is 0.917. The molecule has 1 heterocycles. The van der Waals surface area contributed by atoms with Gasteiger partial charge in [0.1, 0.15) is 18.2 Å². The summed E-state index contributed by atoms with van der Waals surface area (Å²) in [4.78, 5) is 0. The van der Waals surface area contributed by atoms with Crippen molar-refractivity contribution in [1.82, 2.24) is 14.8 Å². The Balaban J connectivity index is 2.35. The number of benzene rings is 1. The van der Waals surface area contributed by atoms with Crippen LogP contribution < -0.4 is 0 Å². The van der Waals surface area contributed by atoms with Crippen LogP contribution in [-0.2, 0) is 19.6 Å². The fourth-order valence-electron chi connectivity index (χ4n) is 1.96. The van der Waals surface area contributed by atoms with E-state index in [2.05, 4.69) is 10.2 Å². The molecule has 1 aromatic carbocycles. The first kappa shape index (κ1) is 14.0. The van der Waals surface area contributed by atoms with Gasteiger partial charge in [0.25, 0.3) is 0 Å². The van der Waals surface area contributed by atoms with Crippen molar-refractivity contribution < 1.29 is 9.50 Å². The maximum Gasteiger partial charge on any atom is 0.158 e. The number of aromatic nitrogens is 3. The van der Waals surface area contributed by atoms with Gasteiger partial charge in [-0.25, -0.2) is 4.39 Å². The van der Waals surface area contributed by atoms with E-state index in [0.717, 1.165) is 6.42 Å². The monoisotopic (exact) mass is 283 g/mol. The first-order chi connectivity index (χ1) is 9.17. The Morgan fingerprint density at radius 1 is 1.32 bits per heavy atom. The molecule has 2 rings (SSSR count).